The van der Waals surface area contributed by atoms with Gasteiger partial charge in [-0.25, -0.2) is 0 Å². The molecule has 0 saturated carbocycles. The van der Waals surface area contributed by atoms with E-state index >= 15 is 0 Å². The van der Waals surface area contributed by atoms with E-state index in [0.717, 1.165) is 18.8 Å². The van der Waals surface area contributed by atoms with Crippen molar-refractivity contribution in [3.8, 4) is 0 Å². The molecule has 110 valence electrons. The molecule has 0 amide bonds. The van der Waals surface area contributed by atoms with E-state index in [1.54, 1.807) is 0 Å². The van der Waals surface area contributed by atoms with Crippen molar-refractivity contribution >= 4 is 0 Å². The van der Waals surface area contributed by atoms with Crippen LogP contribution >= 0.6 is 0 Å². The van der Waals surface area contributed by atoms with Crippen molar-refractivity contribution in [3.05, 3.63) is 0 Å². The van der Waals surface area contributed by atoms with Crippen LogP contribution in [0.25, 0.3) is 0 Å². The highest BCUT2D eigenvalue weighted by atomic mass is 16.3. The molecule has 0 aromatic heterocycles. The van der Waals surface area contributed by atoms with Gasteiger partial charge in [0.05, 0.1) is 6.10 Å². The van der Waals surface area contributed by atoms with Crippen LogP contribution in [0.2, 0.25) is 0 Å². The largest absolute Gasteiger partial charge is 0.393 e. The summed E-state index contributed by atoms with van der Waals surface area (Å²) in [6.07, 6.45) is 15.2. The van der Waals surface area contributed by atoms with Crippen molar-refractivity contribution < 1.29 is 5.11 Å². The summed E-state index contributed by atoms with van der Waals surface area (Å²) in [5.74, 6) is 0.790. The Hall–Kier alpha value is -0.0400. The Kier molecular flexibility index (Phi) is 13.4. The first kappa shape index (κ1) is 18.0. The number of aliphatic hydroxyl groups excluding tert-OH is 1. The minimum Gasteiger partial charge on any atom is -0.393 e. The average Bonchev–Trinajstić information content (AvgIpc) is 2.35. The maximum absolute atomic E-state index is 9.91. The second kappa shape index (κ2) is 13.4. The minimum absolute atomic E-state index is 0.0417. The molecule has 2 atom stereocenters. The maximum Gasteiger partial charge on any atom is 0.0540 e. The molecule has 1 nitrogen and oxygen atoms in total. The fourth-order valence-corrected chi connectivity index (χ4v) is 2.60. The highest BCUT2D eigenvalue weighted by Crippen LogP contribution is 2.17. The van der Waals surface area contributed by atoms with E-state index in [4.69, 9.17) is 0 Å². The van der Waals surface area contributed by atoms with Crippen LogP contribution in [0.15, 0.2) is 0 Å². The number of unbranched alkanes of at least 4 members (excludes halogenated alkanes) is 6. The molecule has 0 radical (unpaired) electrons. The van der Waals surface area contributed by atoms with Crippen LogP contribution in [0.3, 0.4) is 0 Å². The lowest BCUT2D eigenvalue weighted by Crippen LogP contribution is -2.08. The maximum atomic E-state index is 9.91. The van der Waals surface area contributed by atoms with Gasteiger partial charge in [-0.1, -0.05) is 78.6 Å². The van der Waals surface area contributed by atoms with E-state index in [1.807, 2.05) is 0 Å². The third-order valence-corrected chi connectivity index (χ3v) is 3.92. The molecule has 1 heteroatoms. The molecule has 0 aliphatic heterocycles. The van der Waals surface area contributed by atoms with Crippen molar-refractivity contribution in [3.63, 3.8) is 0 Å². The summed E-state index contributed by atoms with van der Waals surface area (Å²) < 4.78 is 0. The van der Waals surface area contributed by atoms with Crippen LogP contribution in [0.1, 0.15) is 97.8 Å². The predicted molar refractivity (Wildman–Crippen MR) is 81.9 cm³/mol. The van der Waals surface area contributed by atoms with E-state index in [2.05, 4.69) is 20.8 Å². The molecule has 0 spiro atoms. The topological polar surface area (TPSA) is 20.2 Å². The van der Waals surface area contributed by atoms with Crippen molar-refractivity contribution in [2.75, 3.05) is 0 Å². The minimum atomic E-state index is -0.0417. The molecule has 0 aliphatic rings. The molecule has 0 aromatic rings. The zero-order valence-electron chi connectivity index (χ0n) is 13.1. The Morgan fingerprint density at radius 1 is 0.667 bits per heavy atom. The molecule has 18 heavy (non-hydrogen) atoms. The third-order valence-electron chi connectivity index (χ3n) is 3.92. The summed E-state index contributed by atoms with van der Waals surface area (Å²) in [5, 5.41) is 9.91. The summed E-state index contributed by atoms with van der Waals surface area (Å²) in [6, 6.07) is 0. The van der Waals surface area contributed by atoms with Crippen LogP contribution in [0.5, 0.6) is 0 Å². The Labute approximate surface area is 115 Å². The van der Waals surface area contributed by atoms with E-state index in [-0.39, 0.29) is 6.10 Å². The second-order valence-electron chi connectivity index (χ2n) is 6.04. The van der Waals surface area contributed by atoms with Gasteiger partial charge in [0.25, 0.3) is 0 Å². The lowest BCUT2D eigenvalue weighted by molar-refractivity contribution is 0.141. The predicted octanol–water partition coefficient (Wildman–Crippen LogP) is 5.70. The molecule has 0 fully saturated rings. The Balaban J connectivity index is 3.23. The molecule has 1 N–H and O–H groups in total. The van der Waals surface area contributed by atoms with Gasteiger partial charge in [0.2, 0.25) is 0 Å². The molecular formula is C17H36O. The average molecular weight is 256 g/mol. The highest BCUT2D eigenvalue weighted by Gasteiger charge is 2.07. The summed E-state index contributed by atoms with van der Waals surface area (Å²) in [4.78, 5) is 0. The van der Waals surface area contributed by atoms with Crippen LogP contribution in [0.4, 0.5) is 0 Å². The van der Waals surface area contributed by atoms with Crippen LogP contribution < -0.4 is 0 Å². The molecule has 0 rings (SSSR count). The zero-order valence-corrected chi connectivity index (χ0v) is 13.1. The molecular weight excluding hydrogens is 220 g/mol. The number of hydrogen-bond donors (Lipinski definition) is 1. The van der Waals surface area contributed by atoms with Crippen LogP contribution in [-0.4, -0.2) is 11.2 Å². The third kappa shape index (κ3) is 12.4. The number of rotatable bonds is 13. The molecule has 2 unspecified atom stereocenters. The summed E-state index contributed by atoms with van der Waals surface area (Å²) >= 11 is 0. The monoisotopic (exact) mass is 256 g/mol. The normalized spacial score (nSPS) is 14.7. The fraction of sp³-hybridized carbons (Fsp3) is 1.00. The summed E-state index contributed by atoms with van der Waals surface area (Å²) in [7, 11) is 0. The lowest BCUT2D eigenvalue weighted by atomic mass is 9.96. The van der Waals surface area contributed by atoms with Crippen molar-refractivity contribution in [2.45, 2.75) is 104 Å². The van der Waals surface area contributed by atoms with Gasteiger partial charge in [0.1, 0.15) is 0 Å². The van der Waals surface area contributed by atoms with E-state index in [1.165, 1.54) is 64.2 Å². The first-order chi connectivity index (χ1) is 8.70. The lowest BCUT2D eigenvalue weighted by Gasteiger charge is -2.14. The number of aliphatic hydroxyl groups is 1. The van der Waals surface area contributed by atoms with Gasteiger partial charge in [-0.2, -0.15) is 0 Å². The molecule has 0 aromatic carbocycles. The van der Waals surface area contributed by atoms with E-state index in [9.17, 15) is 5.11 Å². The highest BCUT2D eigenvalue weighted by molar-refractivity contribution is 4.60. The van der Waals surface area contributed by atoms with E-state index in [0.29, 0.717) is 0 Å². The first-order valence-electron chi connectivity index (χ1n) is 8.38. The first-order valence-corrected chi connectivity index (χ1v) is 8.38. The van der Waals surface area contributed by atoms with Gasteiger partial charge >= 0.3 is 0 Å². The second-order valence-corrected chi connectivity index (χ2v) is 6.04. The van der Waals surface area contributed by atoms with Gasteiger partial charge in [-0.3, -0.25) is 0 Å². The smallest absolute Gasteiger partial charge is 0.0540 e. The molecule has 0 bridgehead atoms. The van der Waals surface area contributed by atoms with Crippen molar-refractivity contribution in [1.82, 2.24) is 0 Å². The SMILES string of the molecule is CCCCCCCCCC(O)CCC(C)CCC. The standard InChI is InChI=1S/C17H36O/c1-4-6-7-8-9-10-11-13-17(18)15-14-16(3)12-5-2/h16-18H,4-15H2,1-3H3. The van der Waals surface area contributed by atoms with Crippen LogP contribution in [0, 0.1) is 5.92 Å². The van der Waals surface area contributed by atoms with Crippen LogP contribution in [-0.2, 0) is 0 Å². The van der Waals surface area contributed by atoms with Gasteiger partial charge in [-0.15, -0.1) is 0 Å². The van der Waals surface area contributed by atoms with Gasteiger partial charge in [0, 0.05) is 0 Å². The van der Waals surface area contributed by atoms with Gasteiger partial charge < -0.3 is 5.11 Å². The molecule has 0 heterocycles. The summed E-state index contributed by atoms with van der Waals surface area (Å²) in [5.41, 5.74) is 0. The van der Waals surface area contributed by atoms with Gasteiger partial charge in [-0.05, 0) is 25.2 Å². The molecule has 0 saturated heterocycles. The summed E-state index contributed by atoms with van der Waals surface area (Å²) in [6.45, 7) is 6.81. The molecule has 0 aliphatic carbocycles. The fourth-order valence-electron chi connectivity index (χ4n) is 2.60. The zero-order chi connectivity index (χ0) is 13.6. The quantitative estimate of drug-likeness (QED) is 0.419. The number of hydrogen-bond acceptors (Lipinski definition) is 1. The Morgan fingerprint density at radius 3 is 1.89 bits per heavy atom. The Morgan fingerprint density at radius 2 is 1.28 bits per heavy atom. The Bertz CT molecular complexity index is 156. The van der Waals surface area contributed by atoms with Crippen molar-refractivity contribution in [1.29, 1.82) is 0 Å². The van der Waals surface area contributed by atoms with Crippen molar-refractivity contribution in [2.24, 2.45) is 5.92 Å². The van der Waals surface area contributed by atoms with Gasteiger partial charge in [0.15, 0.2) is 0 Å². The van der Waals surface area contributed by atoms with E-state index < -0.39 is 0 Å².